The van der Waals surface area contributed by atoms with Crippen LogP contribution in [-0.4, -0.2) is 14.9 Å². The van der Waals surface area contributed by atoms with Crippen LogP contribution in [0, 0.1) is 10.1 Å². The fraction of sp³-hybridized carbons (Fsp3) is 0.0909. The molecule has 2 rings (SSSR count). The minimum absolute atomic E-state index is 0.0178. The average molecular weight is 246 g/mol. The van der Waals surface area contributed by atoms with Crippen molar-refractivity contribution in [3.8, 4) is 0 Å². The number of nitro groups is 1. The van der Waals surface area contributed by atoms with E-state index in [-0.39, 0.29) is 17.1 Å². The predicted molar refractivity (Wildman–Crippen MR) is 65.3 cm³/mol. The molecule has 0 fully saturated rings. The zero-order valence-corrected chi connectivity index (χ0v) is 9.29. The molecule has 92 valence electrons. The monoisotopic (exact) mass is 246 g/mol. The smallest absolute Gasteiger partial charge is 0.290 e. The lowest BCUT2D eigenvalue weighted by Crippen LogP contribution is -2.15. The van der Waals surface area contributed by atoms with E-state index in [0.29, 0.717) is 12.1 Å². The van der Waals surface area contributed by atoms with Gasteiger partial charge in [0.15, 0.2) is 5.82 Å². The van der Waals surface area contributed by atoms with Crippen LogP contribution in [0.25, 0.3) is 0 Å². The number of H-pyrrole nitrogens is 1. The van der Waals surface area contributed by atoms with Crippen LogP contribution in [0.1, 0.15) is 5.56 Å². The van der Waals surface area contributed by atoms with Gasteiger partial charge in [-0.25, -0.2) is 4.98 Å². The van der Waals surface area contributed by atoms with Gasteiger partial charge >= 0.3 is 0 Å². The molecule has 1 aromatic heterocycles. The van der Waals surface area contributed by atoms with Gasteiger partial charge in [-0.2, -0.15) is 0 Å². The Morgan fingerprint density at radius 1 is 1.44 bits per heavy atom. The van der Waals surface area contributed by atoms with Crippen molar-refractivity contribution in [1.82, 2.24) is 9.97 Å². The third-order valence-corrected chi connectivity index (χ3v) is 2.29. The number of anilines is 1. The number of hydrogen-bond donors (Lipinski definition) is 2. The molecule has 0 aliphatic carbocycles. The molecule has 0 spiro atoms. The van der Waals surface area contributed by atoms with Crippen molar-refractivity contribution in [3.63, 3.8) is 0 Å². The Balaban J connectivity index is 2.11. The van der Waals surface area contributed by atoms with Crippen molar-refractivity contribution in [3.05, 3.63) is 62.7 Å². The molecule has 0 amide bonds. The van der Waals surface area contributed by atoms with Crippen molar-refractivity contribution in [2.75, 3.05) is 5.32 Å². The van der Waals surface area contributed by atoms with Crippen molar-refractivity contribution >= 4 is 11.5 Å². The van der Waals surface area contributed by atoms with Gasteiger partial charge < -0.3 is 10.3 Å². The van der Waals surface area contributed by atoms with Crippen LogP contribution in [-0.2, 0) is 6.54 Å². The number of benzene rings is 1. The third kappa shape index (κ3) is 2.70. The molecule has 1 aromatic carbocycles. The number of aromatic amines is 1. The summed E-state index contributed by atoms with van der Waals surface area (Å²) in [6.45, 7) is 0.293. The summed E-state index contributed by atoms with van der Waals surface area (Å²) in [7, 11) is 0. The fourth-order valence-corrected chi connectivity index (χ4v) is 1.44. The minimum Gasteiger partial charge on any atom is -0.361 e. The number of hydrogen-bond acceptors (Lipinski definition) is 5. The SMILES string of the molecule is O=c1[nH]ccnc1NCc1cccc([N+](=O)[O-])c1. The summed E-state index contributed by atoms with van der Waals surface area (Å²) in [4.78, 5) is 27.8. The molecule has 0 unspecified atom stereocenters. The number of nitrogens with one attached hydrogen (secondary N) is 2. The lowest BCUT2D eigenvalue weighted by molar-refractivity contribution is -0.384. The Morgan fingerprint density at radius 2 is 2.28 bits per heavy atom. The Morgan fingerprint density at radius 3 is 3.00 bits per heavy atom. The van der Waals surface area contributed by atoms with Crippen LogP contribution in [0.5, 0.6) is 0 Å². The van der Waals surface area contributed by atoms with Crippen LogP contribution in [0.3, 0.4) is 0 Å². The summed E-state index contributed by atoms with van der Waals surface area (Å²) >= 11 is 0. The first-order valence-electron chi connectivity index (χ1n) is 5.18. The maximum Gasteiger partial charge on any atom is 0.290 e. The number of nitrogens with zero attached hydrogens (tertiary/aromatic N) is 2. The lowest BCUT2D eigenvalue weighted by atomic mass is 10.2. The van der Waals surface area contributed by atoms with E-state index in [4.69, 9.17) is 0 Å². The highest BCUT2D eigenvalue weighted by Crippen LogP contribution is 2.13. The highest BCUT2D eigenvalue weighted by Gasteiger charge is 2.06. The van der Waals surface area contributed by atoms with Crippen LogP contribution < -0.4 is 10.9 Å². The normalized spacial score (nSPS) is 10.0. The minimum atomic E-state index is -0.461. The molecule has 7 nitrogen and oxygen atoms in total. The quantitative estimate of drug-likeness (QED) is 0.625. The Labute approximate surface area is 102 Å². The van der Waals surface area contributed by atoms with E-state index in [1.54, 1.807) is 12.1 Å². The molecular weight excluding hydrogens is 236 g/mol. The van der Waals surface area contributed by atoms with E-state index in [2.05, 4.69) is 15.3 Å². The summed E-state index contributed by atoms with van der Waals surface area (Å²) < 4.78 is 0. The number of aromatic nitrogens is 2. The molecule has 0 aliphatic rings. The Hall–Kier alpha value is -2.70. The van der Waals surface area contributed by atoms with Crippen molar-refractivity contribution in [2.24, 2.45) is 0 Å². The summed E-state index contributed by atoms with van der Waals surface area (Å²) in [5.41, 5.74) is 0.390. The zero-order valence-electron chi connectivity index (χ0n) is 9.29. The maximum absolute atomic E-state index is 11.3. The molecule has 0 aliphatic heterocycles. The second-order valence-electron chi connectivity index (χ2n) is 3.55. The van der Waals surface area contributed by atoms with Gasteiger partial charge in [0, 0.05) is 31.1 Å². The highest BCUT2D eigenvalue weighted by molar-refractivity contribution is 5.37. The van der Waals surface area contributed by atoms with Gasteiger partial charge in [0.05, 0.1) is 4.92 Å². The van der Waals surface area contributed by atoms with E-state index in [0.717, 1.165) is 0 Å². The van der Waals surface area contributed by atoms with Crippen molar-refractivity contribution in [1.29, 1.82) is 0 Å². The van der Waals surface area contributed by atoms with Crippen molar-refractivity contribution < 1.29 is 4.92 Å². The Kier molecular flexibility index (Phi) is 3.33. The number of rotatable bonds is 4. The van der Waals surface area contributed by atoms with Gasteiger partial charge in [-0.1, -0.05) is 12.1 Å². The van der Waals surface area contributed by atoms with Crippen LogP contribution in [0.2, 0.25) is 0 Å². The zero-order chi connectivity index (χ0) is 13.0. The summed E-state index contributed by atoms with van der Waals surface area (Å²) in [5.74, 6) is 0.184. The molecule has 2 aromatic rings. The van der Waals surface area contributed by atoms with E-state index >= 15 is 0 Å². The van der Waals surface area contributed by atoms with Gasteiger partial charge in [0.2, 0.25) is 0 Å². The first-order valence-corrected chi connectivity index (χ1v) is 5.18. The molecule has 1 heterocycles. The second kappa shape index (κ2) is 5.09. The van der Waals surface area contributed by atoms with E-state index in [1.165, 1.54) is 24.5 Å². The van der Waals surface area contributed by atoms with E-state index < -0.39 is 4.92 Å². The largest absolute Gasteiger partial charge is 0.361 e. The summed E-state index contributed by atoms with van der Waals surface area (Å²) in [5, 5.41) is 13.4. The second-order valence-corrected chi connectivity index (χ2v) is 3.55. The molecule has 0 saturated heterocycles. The molecule has 0 saturated carbocycles. The van der Waals surface area contributed by atoms with Gasteiger partial charge in [-0.05, 0) is 5.56 Å². The molecule has 7 heteroatoms. The van der Waals surface area contributed by atoms with Gasteiger partial charge in [-0.3, -0.25) is 14.9 Å². The molecule has 0 radical (unpaired) electrons. The van der Waals surface area contributed by atoms with Gasteiger partial charge in [0.25, 0.3) is 11.2 Å². The molecular formula is C11H10N4O3. The Bertz CT molecular complexity index is 623. The van der Waals surface area contributed by atoms with Crippen molar-refractivity contribution in [2.45, 2.75) is 6.54 Å². The van der Waals surface area contributed by atoms with Gasteiger partial charge in [0.1, 0.15) is 0 Å². The summed E-state index contributed by atoms with van der Waals surface area (Å²) in [6.07, 6.45) is 2.89. The third-order valence-electron chi connectivity index (χ3n) is 2.29. The average Bonchev–Trinajstić information content (AvgIpc) is 2.38. The van der Waals surface area contributed by atoms with Crippen LogP contribution in [0.4, 0.5) is 11.5 Å². The molecule has 0 atom stereocenters. The lowest BCUT2D eigenvalue weighted by Gasteiger charge is -2.04. The molecule has 0 bridgehead atoms. The van der Waals surface area contributed by atoms with E-state index in [9.17, 15) is 14.9 Å². The maximum atomic E-state index is 11.3. The van der Waals surface area contributed by atoms with E-state index in [1.807, 2.05) is 0 Å². The number of nitro benzene ring substituents is 1. The highest BCUT2D eigenvalue weighted by atomic mass is 16.6. The van der Waals surface area contributed by atoms with Crippen LogP contribution >= 0.6 is 0 Å². The van der Waals surface area contributed by atoms with Gasteiger partial charge in [-0.15, -0.1) is 0 Å². The number of non-ortho nitro benzene ring substituents is 1. The molecule has 18 heavy (non-hydrogen) atoms. The first kappa shape index (κ1) is 11.8. The fourth-order valence-electron chi connectivity index (χ4n) is 1.44. The molecule has 2 N–H and O–H groups in total. The van der Waals surface area contributed by atoms with Crippen LogP contribution in [0.15, 0.2) is 41.5 Å². The predicted octanol–water partition coefficient (Wildman–Crippen LogP) is 1.29. The standard InChI is InChI=1S/C11H10N4O3/c16-11-10(12-4-5-13-11)14-7-8-2-1-3-9(6-8)15(17)18/h1-6H,7H2,(H,12,14)(H,13,16). The topological polar surface area (TPSA) is 101 Å². The summed E-state index contributed by atoms with van der Waals surface area (Å²) in [6, 6.07) is 6.19. The first-order chi connectivity index (χ1) is 8.66.